The molecule has 0 amide bonds. The lowest BCUT2D eigenvalue weighted by atomic mass is 10.2. The SMILES string of the molecule is C=C(CC)CNCCOCC(C)C. The lowest BCUT2D eigenvalue weighted by molar-refractivity contribution is 0.112. The minimum absolute atomic E-state index is 0.630. The molecule has 0 aromatic carbocycles. The maximum absolute atomic E-state index is 5.42. The molecule has 0 saturated heterocycles. The summed E-state index contributed by atoms with van der Waals surface area (Å²) in [4.78, 5) is 0. The van der Waals surface area contributed by atoms with E-state index in [2.05, 4.69) is 32.7 Å². The Hall–Kier alpha value is -0.340. The smallest absolute Gasteiger partial charge is 0.0591 e. The van der Waals surface area contributed by atoms with Gasteiger partial charge in [-0.15, -0.1) is 0 Å². The highest BCUT2D eigenvalue weighted by Gasteiger charge is 1.93. The predicted molar refractivity (Wildman–Crippen MR) is 58.0 cm³/mol. The van der Waals surface area contributed by atoms with E-state index in [0.29, 0.717) is 5.92 Å². The fourth-order valence-corrected chi connectivity index (χ4v) is 0.854. The molecule has 0 spiro atoms. The van der Waals surface area contributed by atoms with Gasteiger partial charge >= 0.3 is 0 Å². The Morgan fingerprint density at radius 3 is 2.69 bits per heavy atom. The lowest BCUT2D eigenvalue weighted by Crippen LogP contribution is -2.22. The molecular formula is C11H23NO. The molecule has 13 heavy (non-hydrogen) atoms. The minimum Gasteiger partial charge on any atom is -0.380 e. The highest BCUT2D eigenvalue weighted by atomic mass is 16.5. The summed E-state index contributed by atoms with van der Waals surface area (Å²) in [5, 5.41) is 3.29. The fraction of sp³-hybridized carbons (Fsp3) is 0.818. The number of rotatable bonds is 8. The van der Waals surface area contributed by atoms with Crippen molar-refractivity contribution in [3.05, 3.63) is 12.2 Å². The summed E-state index contributed by atoms with van der Waals surface area (Å²) in [6.45, 7) is 13.9. The molecule has 0 aromatic heterocycles. The third kappa shape index (κ3) is 9.57. The van der Waals surface area contributed by atoms with Gasteiger partial charge in [0.15, 0.2) is 0 Å². The first-order valence-corrected chi connectivity index (χ1v) is 5.12. The molecule has 0 unspecified atom stereocenters. The summed E-state index contributed by atoms with van der Waals surface area (Å²) in [6, 6.07) is 0. The molecule has 0 aliphatic carbocycles. The van der Waals surface area contributed by atoms with Gasteiger partial charge < -0.3 is 10.1 Å². The quantitative estimate of drug-likeness (QED) is 0.462. The summed E-state index contributed by atoms with van der Waals surface area (Å²) in [6.07, 6.45) is 1.06. The molecule has 0 aliphatic rings. The van der Waals surface area contributed by atoms with Gasteiger partial charge in [0.25, 0.3) is 0 Å². The van der Waals surface area contributed by atoms with E-state index in [9.17, 15) is 0 Å². The van der Waals surface area contributed by atoms with Crippen LogP contribution >= 0.6 is 0 Å². The standard InChI is InChI=1S/C11H23NO/c1-5-11(4)8-12-6-7-13-9-10(2)3/h10,12H,4-9H2,1-3H3. The van der Waals surface area contributed by atoms with Gasteiger partial charge in [-0.1, -0.05) is 32.9 Å². The zero-order chi connectivity index (χ0) is 10.1. The Labute approximate surface area is 82.4 Å². The van der Waals surface area contributed by atoms with Gasteiger partial charge in [-0.25, -0.2) is 0 Å². The van der Waals surface area contributed by atoms with Crippen molar-refractivity contribution < 1.29 is 4.74 Å². The third-order valence-electron chi connectivity index (χ3n) is 1.75. The fourth-order valence-electron chi connectivity index (χ4n) is 0.854. The molecule has 0 saturated carbocycles. The maximum atomic E-state index is 5.42. The molecule has 1 N–H and O–H groups in total. The summed E-state index contributed by atoms with van der Waals surface area (Å²) < 4.78 is 5.42. The van der Waals surface area contributed by atoms with E-state index in [1.54, 1.807) is 0 Å². The van der Waals surface area contributed by atoms with Gasteiger partial charge in [0.1, 0.15) is 0 Å². The molecular weight excluding hydrogens is 162 g/mol. The van der Waals surface area contributed by atoms with Crippen molar-refractivity contribution in [1.29, 1.82) is 0 Å². The van der Waals surface area contributed by atoms with Gasteiger partial charge in [-0.3, -0.25) is 0 Å². The van der Waals surface area contributed by atoms with Gasteiger partial charge in [-0.05, 0) is 12.3 Å². The largest absolute Gasteiger partial charge is 0.380 e. The second kappa shape index (κ2) is 8.27. The minimum atomic E-state index is 0.630. The molecule has 0 aliphatic heterocycles. The third-order valence-corrected chi connectivity index (χ3v) is 1.75. The van der Waals surface area contributed by atoms with Gasteiger partial charge in [0.05, 0.1) is 6.61 Å². The molecule has 2 nitrogen and oxygen atoms in total. The molecule has 0 radical (unpaired) electrons. The zero-order valence-corrected chi connectivity index (χ0v) is 9.23. The van der Waals surface area contributed by atoms with E-state index in [1.165, 1.54) is 5.57 Å². The Bertz CT molecular complexity index is 132. The van der Waals surface area contributed by atoms with Crippen LogP contribution in [0.15, 0.2) is 12.2 Å². The molecule has 0 bridgehead atoms. The van der Waals surface area contributed by atoms with Crippen molar-refractivity contribution in [2.24, 2.45) is 5.92 Å². The summed E-state index contributed by atoms with van der Waals surface area (Å²) in [5.41, 5.74) is 1.25. The van der Waals surface area contributed by atoms with Crippen molar-refractivity contribution in [3.8, 4) is 0 Å². The first-order chi connectivity index (χ1) is 6.16. The van der Waals surface area contributed by atoms with Crippen molar-refractivity contribution in [3.63, 3.8) is 0 Å². The molecule has 78 valence electrons. The van der Waals surface area contributed by atoms with Crippen LogP contribution in [0.1, 0.15) is 27.2 Å². The van der Waals surface area contributed by atoms with Gasteiger partial charge in [0.2, 0.25) is 0 Å². The highest BCUT2D eigenvalue weighted by Crippen LogP contribution is 1.93. The Kier molecular flexibility index (Phi) is 8.05. The van der Waals surface area contributed by atoms with Crippen LogP contribution in [-0.4, -0.2) is 26.3 Å². The lowest BCUT2D eigenvalue weighted by Gasteiger charge is -2.08. The Balaban J connectivity index is 3.04. The zero-order valence-electron chi connectivity index (χ0n) is 9.23. The Morgan fingerprint density at radius 1 is 1.46 bits per heavy atom. The predicted octanol–water partition coefficient (Wildman–Crippen LogP) is 2.21. The van der Waals surface area contributed by atoms with Crippen LogP contribution in [0.25, 0.3) is 0 Å². The average Bonchev–Trinajstić information content (AvgIpc) is 2.10. The van der Waals surface area contributed by atoms with Crippen LogP contribution in [0.4, 0.5) is 0 Å². The van der Waals surface area contributed by atoms with Crippen molar-refractivity contribution >= 4 is 0 Å². The summed E-state index contributed by atoms with van der Waals surface area (Å²) in [7, 11) is 0. The van der Waals surface area contributed by atoms with E-state index < -0.39 is 0 Å². The van der Waals surface area contributed by atoms with Crippen LogP contribution in [0.3, 0.4) is 0 Å². The summed E-state index contributed by atoms with van der Waals surface area (Å²) >= 11 is 0. The normalized spacial score (nSPS) is 10.8. The number of hydrogen-bond donors (Lipinski definition) is 1. The molecule has 2 heteroatoms. The number of ether oxygens (including phenoxy) is 1. The van der Waals surface area contributed by atoms with Crippen LogP contribution in [-0.2, 0) is 4.74 Å². The second-order valence-corrected chi connectivity index (χ2v) is 3.75. The van der Waals surface area contributed by atoms with Gasteiger partial charge in [-0.2, -0.15) is 0 Å². The monoisotopic (exact) mass is 185 g/mol. The molecule has 0 atom stereocenters. The van der Waals surface area contributed by atoms with Crippen molar-refractivity contribution in [1.82, 2.24) is 5.32 Å². The number of hydrogen-bond acceptors (Lipinski definition) is 2. The first-order valence-electron chi connectivity index (χ1n) is 5.12. The van der Waals surface area contributed by atoms with Crippen LogP contribution in [0.2, 0.25) is 0 Å². The molecule has 0 heterocycles. The topological polar surface area (TPSA) is 21.3 Å². The van der Waals surface area contributed by atoms with Gasteiger partial charge in [0, 0.05) is 19.7 Å². The number of nitrogens with one attached hydrogen (secondary N) is 1. The first kappa shape index (κ1) is 12.7. The van der Waals surface area contributed by atoms with E-state index in [1.807, 2.05) is 0 Å². The van der Waals surface area contributed by atoms with E-state index in [4.69, 9.17) is 4.74 Å². The molecule has 0 fully saturated rings. The highest BCUT2D eigenvalue weighted by molar-refractivity contribution is 4.94. The maximum Gasteiger partial charge on any atom is 0.0591 e. The molecule has 0 aromatic rings. The van der Waals surface area contributed by atoms with Crippen molar-refractivity contribution in [2.75, 3.05) is 26.3 Å². The Morgan fingerprint density at radius 2 is 2.15 bits per heavy atom. The second-order valence-electron chi connectivity index (χ2n) is 3.75. The average molecular weight is 185 g/mol. The van der Waals surface area contributed by atoms with E-state index in [0.717, 1.165) is 32.7 Å². The summed E-state index contributed by atoms with van der Waals surface area (Å²) in [5.74, 6) is 0.630. The van der Waals surface area contributed by atoms with Crippen LogP contribution < -0.4 is 5.32 Å². The van der Waals surface area contributed by atoms with Crippen LogP contribution in [0, 0.1) is 5.92 Å². The van der Waals surface area contributed by atoms with E-state index >= 15 is 0 Å². The molecule has 0 rings (SSSR count). The van der Waals surface area contributed by atoms with E-state index in [-0.39, 0.29) is 0 Å². The van der Waals surface area contributed by atoms with Crippen molar-refractivity contribution in [2.45, 2.75) is 27.2 Å². The van der Waals surface area contributed by atoms with Crippen LogP contribution in [0.5, 0.6) is 0 Å².